The fourth-order valence-corrected chi connectivity index (χ4v) is 3.42. The second-order valence-corrected chi connectivity index (χ2v) is 6.22. The Kier molecular flexibility index (Phi) is 3.89. The van der Waals surface area contributed by atoms with Gasteiger partial charge in [-0.1, -0.05) is 42.5 Å². The van der Waals surface area contributed by atoms with E-state index >= 15 is 0 Å². The number of fused-ring (bicyclic) bond motifs is 3. The van der Waals surface area contributed by atoms with Crippen LogP contribution in [-0.4, -0.2) is 35.6 Å². The van der Waals surface area contributed by atoms with Gasteiger partial charge in [0, 0.05) is 5.56 Å². The van der Waals surface area contributed by atoms with Crippen molar-refractivity contribution in [2.45, 2.75) is 25.1 Å². The summed E-state index contributed by atoms with van der Waals surface area (Å²) in [5.74, 6) is 0.229. The van der Waals surface area contributed by atoms with Crippen LogP contribution in [0, 0.1) is 0 Å². The molecule has 2 heterocycles. The van der Waals surface area contributed by atoms with E-state index in [2.05, 4.69) is 5.32 Å². The predicted molar refractivity (Wildman–Crippen MR) is 91.2 cm³/mol. The molecule has 0 saturated carbocycles. The number of anilines is 1. The van der Waals surface area contributed by atoms with Gasteiger partial charge in [0.15, 0.2) is 0 Å². The molecule has 0 bridgehead atoms. The lowest BCUT2D eigenvalue weighted by atomic mass is 9.91. The number of aliphatic hydroxyl groups excluding tert-OH is 1. The first kappa shape index (κ1) is 15.7. The monoisotopic (exact) mass is 338 g/mol. The Balaban J connectivity index is 1.49. The minimum absolute atomic E-state index is 0.170. The smallest absolute Gasteiger partial charge is 0.252 e. The maximum atomic E-state index is 12.6. The lowest BCUT2D eigenvalue weighted by Crippen LogP contribution is -2.74. The fraction of sp³-hybridized carbons (Fsp3) is 0.263. The Morgan fingerprint density at radius 2 is 2.00 bits per heavy atom. The first-order chi connectivity index (χ1) is 12.2. The third-order valence-corrected chi connectivity index (χ3v) is 4.65. The van der Waals surface area contributed by atoms with Crippen molar-refractivity contribution >= 4 is 17.5 Å². The molecular weight excluding hydrogens is 320 g/mol. The molecule has 1 saturated heterocycles. The average Bonchev–Trinajstić information content (AvgIpc) is 2.65. The van der Waals surface area contributed by atoms with Crippen LogP contribution in [0.4, 0.5) is 5.69 Å². The van der Waals surface area contributed by atoms with E-state index in [1.807, 2.05) is 30.3 Å². The zero-order chi connectivity index (χ0) is 17.4. The second-order valence-electron chi connectivity index (χ2n) is 6.22. The Bertz CT molecular complexity index is 807. The van der Waals surface area contributed by atoms with Crippen LogP contribution in [0.1, 0.15) is 11.1 Å². The van der Waals surface area contributed by atoms with Crippen molar-refractivity contribution in [2.24, 2.45) is 0 Å². The number of amides is 2. The van der Waals surface area contributed by atoms with Gasteiger partial charge in [-0.15, -0.1) is 0 Å². The zero-order valence-corrected chi connectivity index (χ0v) is 13.5. The number of benzene rings is 2. The van der Waals surface area contributed by atoms with Gasteiger partial charge in [-0.05, 0) is 11.6 Å². The molecule has 0 spiro atoms. The quantitative estimate of drug-likeness (QED) is 0.816. The highest BCUT2D eigenvalue weighted by molar-refractivity contribution is 6.09. The molecule has 6 heteroatoms. The van der Waals surface area contributed by atoms with Crippen LogP contribution in [0.5, 0.6) is 5.75 Å². The Morgan fingerprint density at radius 3 is 2.76 bits per heavy atom. The van der Waals surface area contributed by atoms with Crippen molar-refractivity contribution in [3.05, 3.63) is 59.7 Å². The molecule has 25 heavy (non-hydrogen) atoms. The van der Waals surface area contributed by atoms with Crippen LogP contribution in [-0.2, 0) is 22.6 Å². The highest BCUT2D eigenvalue weighted by atomic mass is 16.5. The van der Waals surface area contributed by atoms with E-state index < -0.39 is 6.04 Å². The van der Waals surface area contributed by atoms with Crippen molar-refractivity contribution in [2.75, 3.05) is 11.5 Å². The molecule has 0 radical (unpaired) electrons. The van der Waals surface area contributed by atoms with Crippen LogP contribution < -0.4 is 15.0 Å². The molecule has 2 N–H and O–H groups in total. The van der Waals surface area contributed by atoms with Crippen molar-refractivity contribution in [3.63, 3.8) is 0 Å². The zero-order valence-electron chi connectivity index (χ0n) is 13.5. The number of ether oxygens (including phenoxy) is 1. The maximum absolute atomic E-state index is 12.6. The van der Waals surface area contributed by atoms with Gasteiger partial charge >= 0.3 is 0 Å². The minimum Gasteiger partial charge on any atom is -0.489 e. The third kappa shape index (κ3) is 2.64. The van der Waals surface area contributed by atoms with Gasteiger partial charge in [-0.25, -0.2) is 0 Å². The predicted octanol–water partition coefficient (Wildman–Crippen LogP) is 1.01. The molecule has 2 amide bonds. The maximum Gasteiger partial charge on any atom is 0.252 e. The second kappa shape index (κ2) is 6.22. The summed E-state index contributed by atoms with van der Waals surface area (Å²) in [4.78, 5) is 26.5. The molecular formula is C19H18N2O4. The highest BCUT2D eigenvalue weighted by Crippen LogP contribution is 2.42. The molecule has 2 aromatic carbocycles. The van der Waals surface area contributed by atoms with Gasteiger partial charge in [-0.2, -0.15) is 0 Å². The Labute approximate surface area is 145 Å². The van der Waals surface area contributed by atoms with E-state index in [4.69, 9.17) is 4.74 Å². The molecule has 0 aromatic heterocycles. The van der Waals surface area contributed by atoms with Crippen LogP contribution >= 0.6 is 0 Å². The molecule has 4 rings (SSSR count). The van der Waals surface area contributed by atoms with Crippen molar-refractivity contribution < 1.29 is 19.4 Å². The van der Waals surface area contributed by atoms with Gasteiger partial charge in [-0.3, -0.25) is 14.5 Å². The summed E-state index contributed by atoms with van der Waals surface area (Å²) in [5, 5.41) is 12.3. The summed E-state index contributed by atoms with van der Waals surface area (Å²) in [6.45, 7) is 0.151. The van der Waals surface area contributed by atoms with Crippen LogP contribution in [0.2, 0.25) is 0 Å². The van der Waals surface area contributed by atoms with Crippen molar-refractivity contribution in [1.29, 1.82) is 0 Å². The van der Waals surface area contributed by atoms with Crippen molar-refractivity contribution in [3.8, 4) is 5.75 Å². The van der Waals surface area contributed by atoms with Gasteiger partial charge < -0.3 is 15.2 Å². The number of aliphatic hydroxyl groups is 1. The largest absolute Gasteiger partial charge is 0.489 e. The Morgan fingerprint density at radius 1 is 1.20 bits per heavy atom. The molecule has 0 aliphatic carbocycles. The van der Waals surface area contributed by atoms with Crippen LogP contribution in [0.25, 0.3) is 0 Å². The highest BCUT2D eigenvalue weighted by Gasteiger charge is 2.52. The van der Waals surface area contributed by atoms with Crippen LogP contribution in [0.3, 0.4) is 0 Å². The van der Waals surface area contributed by atoms with E-state index in [-0.39, 0.29) is 30.9 Å². The molecule has 128 valence electrons. The molecule has 1 fully saturated rings. The molecule has 6 nitrogen and oxygen atoms in total. The van der Waals surface area contributed by atoms with E-state index in [1.54, 1.807) is 23.1 Å². The number of hydrogen-bond acceptors (Lipinski definition) is 4. The number of rotatable bonds is 4. The minimum atomic E-state index is -0.587. The lowest BCUT2D eigenvalue weighted by Gasteiger charge is -2.50. The summed E-state index contributed by atoms with van der Waals surface area (Å²) in [6.07, 6.45) is 0.233. The average molecular weight is 338 g/mol. The summed E-state index contributed by atoms with van der Waals surface area (Å²) in [7, 11) is 0. The van der Waals surface area contributed by atoms with E-state index in [1.165, 1.54) is 0 Å². The summed E-state index contributed by atoms with van der Waals surface area (Å²) in [6, 6.07) is 13.9. The van der Waals surface area contributed by atoms with E-state index in [0.717, 1.165) is 5.56 Å². The van der Waals surface area contributed by atoms with Gasteiger partial charge in [0.05, 0.1) is 18.7 Å². The number of hydrogen-bond donors (Lipinski definition) is 2. The molecule has 2 unspecified atom stereocenters. The van der Waals surface area contributed by atoms with Gasteiger partial charge in [0.25, 0.3) is 5.91 Å². The molecule has 2 atom stereocenters. The topological polar surface area (TPSA) is 78.9 Å². The number of carbonyl (C=O) groups excluding carboxylic acids is 2. The fourth-order valence-electron chi connectivity index (χ4n) is 3.42. The standard InChI is InChI=1S/C19H18N2O4/c22-10-13-7-4-8-15-18(13)21-14(11-25-15)17(19(21)24)20-16(23)9-12-5-2-1-3-6-12/h1-8,14,17,22H,9-11H2,(H,20,23). The van der Waals surface area contributed by atoms with Gasteiger partial charge in [0.2, 0.25) is 5.91 Å². The van der Waals surface area contributed by atoms with Crippen molar-refractivity contribution in [1.82, 2.24) is 5.32 Å². The SMILES string of the molecule is O=C(Cc1ccccc1)NC1C(=O)N2c3c(CO)cccc3OCC12. The van der Waals surface area contributed by atoms with E-state index in [9.17, 15) is 14.7 Å². The number of nitrogens with zero attached hydrogens (tertiary/aromatic N) is 1. The summed E-state index contributed by atoms with van der Waals surface area (Å²) in [5.41, 5.74) is 2.15. The normalized spacial score (nSPS) is 20.8. The number of β-lactam (4-membered cyclic amide) rings is 1. The third-order valence-electron chi connectivity index (χ3n) is 4.65. The van der Waals surface area contributed by atoms with Crippen LogP contribution in [0.15, 0.2) is 48.5 Å². The van der Waals surface area contributed by atoms with E-state index in [0.29, 0.717) is 23.6 Å². The molecule has 2 aliphatic rings. The number of carbonyl (C=O) groups is 2. The number of para-hydroxylation sites is 1. The Hall–Kier alpha value is -2.86. The van der Waals surface area contributed by atoms with Gasteiger partial charge in [0.1, 0.15) is 24.4 Å². The number of nitrogens with one attached hydrogen (secondary N) is 1. The first-order valence-corrected chi connectivity index (χ1v) is 8.21. The molecule has 2 aliphatic heterocycles. The molecule has 2 aromatic rings. The summed E-state index contributed by atoms with van der Waals surface area (Å²) >= 11 is 0. The lowest BCUT2D eigenvalue weighted by molar-refractivity contribution is -0.133. The summed E-state index contributed by atoms with van der Waals surface area (Å²) < 4.78 is 5.72. The first-order valence-electron chi connectivity index (χ1n) is 8.21.